The van der Waals surface area contributed by atoms with E-state index >= 15 is 0 Å². The van der Waals surface area contributed by atoms with Gasteiger partial charge in [0.2, 0.25) is 0 Å². The zero-order chi connectivity index (χ0) is 21.8. The molecule has 0 radical (unpaired) electrons. The molecule has 2 aromatic rings. The monoisotopic (exact) mass is 514 g/mol. The highest BCUT2D eigenvalue weighted by molar-refractivity contribution is 6.40. The average molecular weight is 516 g/mol. The number of hydrazine groups is 1. The lowest BCUT2D eigenvalue weighted by Gasteiger charge is -2.25. The highest BCUT2D eigenvalue weighted by atomic mass is 35.5. The molecular weight excluding hydrogens is 490 g/mol. The van der Waals surface area contributed by atoms with E-state index in [0.29, 0.717) is 32.9 Å². The molecule has 1 fully saturated rings. The number of halogens is 4. The van der Waals surface area contributed by atoms with Gasteiger partial charge in [-0.05, 0) is 48.7 Å². The van der Waals surface area contributed by atoms with Gasteiger partial charge in [-0.25, -0.2) is 5.01 Å². The molecule has 4 rings (SSSR count). The molecule has 2 aliphatic heterocycles. The van der Waals surface area contributed by atoms with Gasteiger partial charge in [0, 0.05) is 29.6 Å². The van der Waals surface area contributed by atoms with Crippen molar-refractivity contribution in [2.45, 2.75) is 44.6 Å². The maximum absolute atomic E-state index is 13.1. The molecule has 0 spiro atoms. The lowest BCUT2D eigenvalue weighted by molar-refractivity contribution is -0.119. The minimum absolute atomic E-state index is 0. The van der Waals surface area contributed by atoms with Gasteiger partial charge in [-0.15, -0.1) is 12.4 Å². The number of carbonyl (C=O) groups is 1. The molecule has 9 heteroatoms. The fraction of sp³-hybridized carbons (Fsp3) is 0.391. The Morgan fingerprint density at radius 1 is 0.906 bits per heavy atom. The first kappa shape index (κ1) is 25.1. The first-order valence-electron chi connectivity index (χ1n) is 10.6. The number of carbonyl (C=O) groups excluding carboxylic acids is 1. The summed E-state index contributed by atoms with van der Waals surface area (Å²) in [5.41, 5.74) is 5.26. The number of hydrogen-bond acceptors (Lipinski definition) is 4. The van der Waals surface area contributed by atoms with Crippen LogP contribution in [-0.2, 0) is 4.79 Å². The molecule has 172 valence electrons. The minimum Gasteiger partial charge on any atom is -0.284 e. The second-order valence-corrected chi connectivity index (χ2v) is 9.23. The van der Waals surface area contributed by atoms with E-state index < -0.39 is 0 Å². The van der Waals surface area contributed by atoms with E-state index in [-0.39, 0.29) is 24.4 Å². The number of anilines is 1. The molecule has 0 bridgehead atoms. The van der Waals surface area contributed by atoms with Crippen molar-refractivity contribution in [2.24, 2.45) is 5.10 Å². The Morgan fingerprint density at radius 2 is 1.53 bits per heavy atom. The SMILES string of the molecule is Cl.O=C(NN1CCCCCCC1)C1=NN(c2ccc(Cl)cc2Cl)C(c2ccc(Cl)cc2)C1. The minimum atomic E-state index is -0.163. The largest absolute Gasteiger partial charge is 0.284 e. The molecule has 1 saturated heterocycles. The van der Waals surface area contributed by atoms with E-state index in [1.54, 1.807) is 12.1 Å². The molecule has 5 nitrogen and oxygen atoms in total. The quantitative estimate of drug-likeness (QED) is 0.494. The van der Waals surface area contributed by atoms with Gasteiger partial charge < -0.3 is 0 Å². The van der Waals surface area contributed by atoms with Crippen molar-refractivity contribution in [3.63, 3.8) is 0 Å². The molecule has 0 aliphatic carbocycles. The lowest BCUT2D eigenvalue weighted by atomic mass is 10.0. The second kappa shape index (κ2) is 11.6. The van der Waals surface area contributed by atoms with Crippen LogP contribution >= 0.6 is 47.2 Å². The van der Waals surface area contributed by atoms with Crippen LogP contribution in [0.5, 0.6) is 0 Å². The van der Waals surface area contributed by atoms with Crippen molar-refractivity contribution in [2.75, 3.05) is 18.1 Å². The Morgan fingerprint density at radius 3 is 2.19 bits per heavy atom. The van der Waals surface area contributed by atoms with Crippen molar-refractivity contribution >= 4 is 64.5 Å². The molecule has 0 aromatic heterocycles. The lowest BCUT2D eigenvalue weighted by Crippen LogP contribution is -2.46. The normalized spacial score (nSPS) is 19.5. The highest BCUT2D eigenvalue weighted by Gasteiger charge is 2.34. The molecule has 1 amide bonds. The molecule has 1 atom stereocenters. The predicted octanol–water partition coefficient (Wildman–Crippen LogP) is 6.67. The van der Waals surface area contributed by atoms with Gasteiger partial charge in [0.25, 0.3) is 5.91 Å². The molecule has 0 saturated carbocycles. The number of amides is 1. The van der Waals surface area contributed by atoms with Crippen LogP contribution in [0.25, 0.3) is 0 Å². The van der Waals surface area contributed by atoms with Crippen molar-refractivity contribution < 1.29 is 4.79 Å². The van der Waals surface area contributed by atoms with Crippen LogP contribution in [0.1, 0.15) is 50.1 Å². The van der Waals surface area contributed by atoms with Gasteiger partial charge in [-0.1, -0.05) is 66.2 Å². The molecule has 1 unspecified atom stereocenters. The fourth-order valence-electron chi connectivity index (χ4n) is 4.05. The van der Waals surface area contributed by atoms with Gasteiger partial charge in [0.15, 0.2) is 0 Å². The summed E-state index contributed by atoms with van der Waals surface area (Å²) in [6.45, 7) is 1.73. The maximum Gasteiger partial charge on any atom is 0.281 e. The standard InChI is InChI=1S/C23H25Cl3N4O.ClH/c24-17-8-6-16(7-9-17)22-15-20(23(31)28-29-12-4-2-1-3-5-13-29)27-30(22)21-11-10-18(25)14-19(21)26;/h6-11,14,22H,1-5,12-13,15H2,(H,28,31);1H. The third-order valence-corrected chi connectivity index (χ3v) is 6.49. The summed E-state index contributed by atoms with van der Waals surface area (Å²) in [6.07, 6.45) is 6.33. The van der Waals surface area contributed by atoms with Crippen LogP contribution in [-0.4, -0.2) is 29.7 Å². The molecule has 2 aromatic carbocycles. The Hall–Kier alpha value is -1.50. The van der Waals surface area contributed by atoms with Gasteiger partial charge in [-0.2, -0.15) is 5.10 Å². The summed E-state index contributed by atoms with van der Waals surface area (Å²) < 4.78 is 0. The maximum atomic E-state index is 13.1. The van der Waals surface area contributed by atoms with Crippen LogP contribution in [0.4, 0.5) is 5.69 Å². The first-order chi connectivity index (χ1) is 15.0. The van der Waals surface area contributed by atoms with Gasteiger partial charge in [0.05, 0.1) is 16.8 Å². The first-order valence-corrected chi connectivity index (χ1v) is 11.8. The topological polar surface area (TPSA) is 47.9 Å². The number of nitrogens with one attached hydrogen (secondary N) is 1. The Kier molecular flexibility index (Phi) is 9.09. The summed E-state index contributed by atoms with van der Waals surface area (Å²) in [5.74, 6) is -0.160. The summed E-state index contributed by atoms with van der Waals surface area (Å²) in [6, 6.07) is 12.7. The Labute approximate surface area is 210 Å². The van der Waals surface area contributed by atoms with Crippen molar-refractivity contribution in [1.29, 1.82) is 0 Å². The molecule has 32 heavy (non-hydrogen) atoms. The van der Waals surface area contributed by atoms with Gasteiger partial charge in [-0.3, -0.25) is 15.2 Å². The predicted molar refractivity (Wildman–Crippen MR) is 135 cm³/mol. The Bertz CT molecular complexity index is 959. The van der Waals surface area contributed by atoms with Gasteiger partial charge >= 0.3 is 0 Å². The molecule has 1 N–H and O–H groups in total. The third kappa shape index (κ3) is 6.09. The summed E-state index contributed by atoms with van der Waals surface area (Å²) in [7, 11) is 0. The van der Waals surface area contributed by atoms with Crippen LogP contribution in [0.15, 0.2) is 47.6 Å². The number of hydrogen-bond donors (Lipinski definition) is 1. The molecular formula is C23H26Cl4N4O. The number of nitrogens with zero attached hydrogens (tertiary/aromatic N) is 3. The van der Waals surface area contributed by atoms with Crippen LogP contribution in [0.3, 0.4) is 0 Å². The number of hydrazone groups is 1. The van der Waals surface area contributed by atoms with E-state index in [1.807, 2.05) is 40.3 Å². The van der Waals surface area contributed by atoms with Crippen molar-refractivity contribution in [3.05, 3.63) is 63.1 Å². The number of benzene rings is 2. The number of rotatable bonds is 4. The molecule has 2 heterocycles. The van der Waals surface area contributed by atoms with Crippen molar-refractivity contribution in [1.82, 2.24) is 10.4 Å². The van der Waals surface area contributed by atoms with E-state index in [2.05, 4.69) is 10.5 Å². The van der Waals surface area contributed by atoms with E-state index in [4.69, 9.17) is 34.8 Å². The van der Waals surface area contributed by atoms with E-state index in [1.165, 1.54) is 19.3 Å². The van der Waals surface area contributed by atoms with Crippen LogP contribution in [0.2, 0.25) is 15.1 Å². The Balaban J connectivity index is 0.00000289. The van der Waals surface area contributed by atoms with Gasteiger partial charge in [0.1, 0.15) is 5.71 Å². The fourth-order valence-corrected chi connectivity index (χ4v) is 4.67. The third-order valence-electron chi connectivity index (χ3n) is 5.70. The highest BCUT2D eigenvalue weighted by Crippen LogP contribution is 2.39. The molecule has 2 aliphatic rings. The van der Waals surface area contributed by atoms with Crippen molar-refractivity contribution in [3.8, 4) is 0 Å². The summed E-state index contributed by atoms with van der Waals surface area (Å²) in [5, 5.41) is 10.2. The second-order valence-electron chi connectivity index (χ2n) is 7.95. The van der Waals surface area contributed by atoms with Crippen LogP contribution in [0, 0.1) is 0 Å². The zero-order valence-corrected chi connectivity index (χ0v) is 20.7. The average Bonchev–Trinajstić information content (AvgIpc) is 3.15. The summed E-state index contributed by atoms with van der Waals surface area (Å²) >= 11 is 18.6. The zero-order valence-electron chi connectivity index (χ0n) is 17.6. The van der Waals surface area contributed by atoms with E-state index in [0.717, 1.165) is 31.5 Å². The van der Waals surface area contributed by atoms with E-state index in [9.17, 15) is 4.79 Å². The summed E-state index contributed by atoms with van der Waals surface area (Å²) in [4.78, 5) is 13.1. The smallest absolute Gasteiger partial charge is 0.281 e. The van der Waals surface area contributed by atoms with Crippen LogP contribution < -0.4 is 10.4 Å².